The number of nitrogens with one attached hydrogen (secondary N) is 1. The molecule has 0 fully saturated rings. The molecule has 0 unspecified atom stereocenters. The Hall–Kier alpha value is -2.61. The van der Waals surface area contributed by atoms with Crippen molar-refractivity contribution in [3.05, 3.63) is 36.2 Å². The Morgan fingerprint density at radius 2 is 1.94 bits per heavy atom. The molecule has 5 nitrogen and oxygen atoms in total. The Kier molecular flexibility index (Phi) is 3.39. The topological polar surface area (TPSA) is 70.8 Å². The molecule has 0 aliphatic heterocycles. The van der Waals surface area contributed by atoms with Crippen LogP contribution in [0.5, 0.6) is 5.75 Å². The summed E-state index contributed by atoms with van der Waals surface area (Å²) >= 11 is 0. The van der Waals surface area contributed by atoms with Gasteiger partial charge in [0.25, 0.3) is 0 Å². The van der Waals surface area contributed by atoms with Crippen LogP contribution < -0.4 is 10.1 Å². The molecule has 5 heteroatoms. The van der Waals surface area contributed by atoms with Gasteiger partial charge in [0.1, 0.15) is 5.75 Å². The molecule has 90 valence electrons. The number of methoxy groups -OCH3 is 1. The Balaban J connectivity index is 2.31. The summed E-state index contributed by atoms with van der Waals surface area (Å²) in [5, 5.41) is 10.8. The van der Waals surface area contributed by atoms with E-state index in [0.717, 1.165) is 22.4 Å². The normalized spacial score (nSPS) is 9.61. The molecule has 18 heavy (non-hydrogen) atoms. The van der Waals surface area contributed by atoms with Crippen LogP contribution in [0.25, 0.3) is 11.1 Å². The standard InChI is InChI=1S/C13H12N4O/c1-9-5-10(3-4-12(9)18-2)11-6-15-13(16-7-11)17-8-14/h3-7H,1-2H3,(H,15,16,17). The molecule has 0 atom stereocenters. The Bertz CT molecular complexity index is 587. The van der Waals surface area contributed by atoms with Gasteiger partial charge in [0.05, 0.1) is 7.11 Å². The van der Waals surface area contributed by atoms with Crippen molar-refractivity contribution in [2.24, 2.45) is 0 Å². The Morgan fingerprint density at radius 1 is 1.22 bits per heavy atom. The number of benzene rings is 1. The quantitative estimate of drug-likeness (QED) is 0.658. The highest BCUT2D eigenvalue weighted by molar-refractivity contribution is 5.64. The zero-order valence-electron chi connectivity index (χ0n) is 10.1. The SMILES string of the molecule is COc1ccc(-c2cnc(NC#N)nc2)cc1C. The van der Waals surface area contributed by atoms with Gasteiger partial charge in [-0.2, -0.15) is 5.26 Å². The molecular weight excluding hydrogens is 228 g/mol. The van der Waals surface area contributed by atoms with Gasteiger partial charge in [-0.3, -0.25) is 5.32 Å². The molecule has 0 radical (unpaired) electrons. The van der Waals surface area contributed by atoms with Crippen molar-refractivity contribution in [2.45, 2.75) is 6.92 Å². The summed E-state index contributed by atoms with van der Waals surface area (Å²) in [5.41, 5.74) is 2.95. The first-order valence-corrected chi connectivity index (χ1v) is 5.36. The molecule has 1 aromatic carbocycles. The van der Waals surface area contributed by atoms with Gasteiger partial charge in [0.2, 0.25) is 5.95 Å². The van der Waals surface area contributed by atoms with Crippen LogP contribution in [-0.2, 0) is 0 Å². The van der Waals surface area contributed by atoms with Crippen molar-refractivity contribution < 1.29 is 4.74 Å². The summed E-state index contributed by atoms with van der Waals surface area (Å²) in [7, 11) is 1.65. The number of ether oxygens (including phenoxy) is 1. The zero-order valence-corrected chi connectivity index (χ0v) is 10.1. The number of hydrogen-bond acceptors (Lipinski definition) is 5. The van der Waals surface area contributed by atoms with E-state index in [0.29, 0.717) is 5.95 Å². The third kappa shape index (κ3) is 2.38. The van der Waals surface area contributed by atoms with Crippen molar-refractivity contribution in [1.82, 2.24) is 9.97 Å². The monoisotopic (exact) mass is 240 g/mol. The van der Waals surface area contributed by atoms with Crippen molar-refractivity contribution in [3.8, 4) is 23.1 Å². The fraction of sp³-hybridized carbons (Fsp3) is 0.154. The van der Waals surface area contributed by atoms with E-state index >= 15 is 0 Å². The van der Waals surface area contributed by atoms with E-state index in [1.165, 1.54) is 0 Å². The molecule has 1 heterocycles. The first-order valence-electron chi connectivity index (χ1n) is 5.36. The minimum atomic E-state index is 0.298. The van der Waals surface area contributed by atoms with Crippen LogP contribution in [0.2, 0.25) is 0 Å². The highest BCUT2D eigenvalue weighted by Crippen LogP contribution is 2.25. The summed E-state index contributed by atoms with van der Waals surface area (Å²) in [6.45, 7) is 1.98. The smallest absolute Gasteiger partial charge is 0.236 e. The first-order chi connectivity index (χ1) is 8.74. The van der Waals surface area contributed by atoms with Crippen LogP contribution in [0.1, 0.15) is 5.56 Å². The van der Waals surface area contributed by atoms with E-state index in [1.807, 2.05) is 25.1 Å². The number of nitriles is 1. The molecule has 0 spiro atoms. The lowest BCUT2D eigenvalue weighted by atomic mass is 10.1. The molecule has 0 aliphatic rings. The summed E-state index contributed by atoms with van der Waals surface area (Å²) < 4.78 is 5.21. The summed E-state index contributed by atoms with van der Waals surface area (Å²) in [4.78, 5) is 8.08. The highest BCUT2D eigenvalue weighted by Gasteiger charge is 2.03. The second-order valence-electron chi connectivity index (χ2n) is 3.72. The van der Waals surface area contributed by atoms with Crippen molar-refractivity contribution in [1.29, 1.82) is 5.26 Å². The molecule has 0 aliphatic carbocycles. The number of aromatic nitrogens is 2. The molecular formula is C13H12N4O. The third-order valence-corrected chi connectivity index (χ3v) is 2.55. The van der Waals surface area contributed by atoms with Crippen LogP contribution in [0.3, 0.4) is 0 Å². The van der Waals surface area contributed by atoms with E-state index in [1.54, 1.807) is 25.7 Å². The summed E-state index contributed by atoms with van der Waals surface area (Å²) in [6, 6.07) is 5.86. The Labute approximate surface area is 105 Å². The van der Waals surface area contributed by atoms with Crippen LogP contribution >= 0.6 is 0 Å². The van der Waals surface area contributed by atoms with Crippen LogP contribution in [0, 0.1) is 18.4 Å². The lowest BCUT2D eigenvalue weighted by Gasteiger charge is -2.07. The van der Waals surface area contributed by atoms with Gasteiger partial charge in [-0.25, -0.2) is 9.97 Å². The Morgan fingerprint density at radius 3 is 2.50 bits per heavy atom. The predicted octanol–water partition coefficient (Wildman–Crippen LogP) is 2.35. The second kappa shape index (κ2) is 5.15. The fourth-order valence-corrected chi connectivity index (χ4v) is 1.65. The van der Waals surface area contributed by atoms with Gasteiger partial charge in [-0.05, 0) is 30.2 Å². The van der Waals surface area contributed by atoms with Gasteiger partial charge in [0, 0.05) is 18.0 Å². The van der Waals surface area contributed by atoms with E-state index in [2.05, 4.69) is 15.3 Å². The summed E-state index contributed by atoms with van der Waals surface area (Å²) in [5.74, 6) is 1.15. The van der Waals surface area contributed by atoms with Gasteiger partial charge in [-0.1, -0.05) is 6.07 Å². The molecule has 1 N–H and O–H groups in total. The van der Waals surface area contributed by atoms with Crippen LogP contribution in [-0.4, -0.2) is 17.1 Å². The first kappa shape index (κ1) is 11.9. The predicted molar refractivity (Wildman–Crippen MR) is 68.0 cm³/mol. The van der Waals surface area contributed by atoms with Crippen LogP contribution in [0.15, 0.2) is 30.6 Å². The number of hydrogen-bond donors (Lipinski definition) is 1. The number of anilines is 1. The third-order valence-electron chi connectivity index (χ3n) is 2.55. The molecule has 2 rings (SSSR count). The number of aryl methyl sites for hydroxylation is 1. The second-order valence-corrected chi connectivity index (χ2v) is 3.72. The number of rotatable bonds is 3. The lowest BCUT2D eigenvalue weighted by Crippen LogP contribution is -1.95. The van der Waals surface area contributed by atoms with Gasteiger partial charge in [0.15, 0.2) is 6.19 Å². The fourth-order valence-electron chi connectivity index (χ4n) is 1.65. The minimum Gasteiger partial charge on any atom is -0.496 e. The van der Waals surface area contributed by atoms with Crippen molar-refractivity contribution >= 4 is 5.95 Å². The maximum atomic E-state index is 8.45. The van der Waals surface area contributed by atoms with Crippen molar-refractivity contribution in [2.75, 3.05) is 12.4 Å². The molecule has 0 bridgehead atoms. The van der Waals surface area contributed by atoms with Crippen LogP contribution in [0.4, 0.5) is 5.95 Å². The molecule has 1 aromatic heterocycles. The molecule has 0 saturated heterocycles. The highest BCUT2D eigenvalue weighted by atomic mass is 16.5. The van der Waals surface area contributed by atoms with E-state index in [-0.39, 0.29) is 0 Å². The van der Waals surface area contributed by atoms with Gasteiger partial charge >= 0.3 is 0 Å². The maximum absolute atomic E-state index is 8.45. The van der Waals surface area contributed by atoms with E-state index < -0.39 is 0 Å². The maximum Gasteiger partial charge on any atom is 0.236 e. The van der Waals surface area contributed by atoms with Gasteiger partial charge in [-0.15, -0.1) is 0 Å². The van der Waals surface area contributed by atoms with Crippen molar-refractivity contribution in [3.63, 3.8) is 0 Å². The minimum absolute atomic E-state index is 0.298. The zero-order chi connectivity index (χ0) is 13.0. The molecule has 0 saturated carbocycles. The van der Waals surface area contributed by atoms with E-state index in [4.69, 9.17) is 10.00 Å². The lowest BCUT2D eigenvalue weighted by molar-refractivity contribution is 0.412. The largest absolute Gasteiger partial charge is 0.496 e. The average molecular weight is 240 g/mol. The van der Waals surface area contributed by atoms with E-state index in [9.17, 15) is 0 Å². The molecule has 2 aromatic rings. The number of nitrogens with zero attached hydrogens (tertiary/aromatic N) is 3. The average Bonchev–Trinajstić information content (AvgIpc) is 2.40. The van der Waals surface area contributed by atoms with Gasteiger partial charge < -0.3 is 4.74 Å². The summed E-state index contributed by atoms with van der Waals surface area (Å²) in [6.07, 6.45) is 5.12. The molecule has 0 amide bonds.